The second-order valence-electron chi connectivity index (χ2n) is 6.14. The van der Waals surface area contributed by atoms with E-state index in [9.17, 15) is 14.9 Å². The van der Waals surface area contributed by atoms with Crippen LogP contribution in [0.25, 0.3) is 5.69 Å². The van der Waals surface area contributed by atoms with Crippen molar-refractivity contribution in [1.82, 2.24) is 9.99 Å². The van der Waals surface area contributed by atoms with Crippen molar-refractivity contribution < 1.29 is 9.72 Å². The number of nitrogens with one attached hydrogen (secondary N) is 1. The molecule has 1 heterocycles. The largest absolute Gasteiger partial charge is 0.318 e. The van der Waals surface area contributed by atoms with E-state index in [0.29, 0.717) is 0 Å². The zero-order valence-corrected chi connectivity index (χ0v) is 16.8. The summed E-state index contributed by atoms with van der Waals surface area (Å²) >= 11 is 3.43. The Balaban J connectivity index is 1.77. The molecule has 0 aliphatic heterocycles. The highest BCUT2D eigenvalue weighted by Gasteiger charge is 2.12. The molecule has 0 aliphatic carbocycles. The van der Waals surface area contributed by atoms with Gasteiger partial charge in [0.05, 0.1) is 11.1 Å². The van der Waals surface area contributed by atoms with Gasteiger partial charge in [0, 0.05) is 44.8 Å². The van der Waals surface area contributed by atoms with Crippen molar-refractivity contribution in [3.05, 3.63) is 91.7 Å². The number of amides is 1. The monoisotopic (exact) mass is 440 g/mol. The topological polar surface area (TPSA) is 89.5 Å². The Bertz CT molecular complexity index is 1070. The fourth-order valence-electron chi connectivity index (χ4n) is 2.89. The van der Waals surface area contributed by atoms with Crippen molar-refractivity contribution in [3.63, 3.8) is 0 Å². The maximum Gasteiger partial charge on any atom is 0.271 e. The summed E-state index contributed by atoms with van der Waals surface area (Å²) in [7, 11) is 0. The molecule has 0 fully saturated rings. The van der Waals surface area contributed by atoms with E-state index < -0.39 is 10.8 Å². The molecule has 0 spiro atoms. The maximum absolute atomic E-state index is 12.2. The highest BCUT2D eigenvalue weighted by Crippen LogP contribution is 2.21. The Labute approximate surface area is 170 Å². The highest BCUT2D eigenvalue weighted by atomic mass is 79.9. The van der Waals surface area contributed by atoms with Crippen LogP contribution in [0.4, 0.5) is 5.69 Å². The van der Waals surface area contributed by atoms with Crippen molar-refractivity contribution in [3.8, 4) is 5.69 Å². The molecule has 7 nitrogen and oxygen atoms in total. The molecule has 1 N–H and O–H groups in total. The molecule has 3 rings (SSSR count). The maximum atomic E-state index is 12.2. The van der Waals surface area contributed by atoms with Gasteiger partial charge >= 0.3 is 0 Å². The normalized spacial score (nSPS) is 11.0. The molecule has 0 aliphatic rings. The summed E-state index contributed by atoms with van der Waals surface area (Å²) in [4.78, 5) is 22.4. The van der Waals surface area contributed by atoms with Crippen LogP contribution in [-0.4, -0.2) is 21.6 Å². The minimum atomic E-state index is -0.545. The van der Waals surface area contributed by atoms with Crippen LogP contribution in [-0.2, 0) is 0 Å². The number of hydrogen-bond donors (Lipinski definition) is 1. The van der Waals surface area contributed by atoms with E-state index in [1.54, 1.807) is 6.21 Å². The molecule has 0 unspecified atom stereocenters. The molecule has 0 radical (unpaired) electrons. The minimum absolute atomic E-state index is 0.144. The lowest BCUT2D eigenvalue weighted by Crippen LogP contribution is -2.17. The van der Waals surface area contributed by atoms with Crippen LogP contribution in [0.1, 0.15) is 27.3 Å². The van der Waals surface area contributed by atoms with Gasteiger partial charge in [-0.15, -0.1) is 0 Å². The second kappa shape index (κ2) is 8.18. The molecule has 28 heavy (non-hydrogen) atoms. The molecule has 3 aromatic rings. The Kier molecular flexibility index (Phi) is 5.70. The molecule has 0 saturated heterocycles. The molecule has 2 aromatic carbocycles. The Morgan fingerprint density at radius 1 is 1.18 bits per heavy atom. The van der Waals surface area contributed by atoms with E-state index in [2.05, 4.69) is 31.0 Å². The lowest BCUT2D eigenvalue weighted by atomic mass is 10.2. The molecule has 1 amide bonds. The van der Waals surface area contributed by atoms with Crippen molar-refractivity contribution in [2.45, 2.75) is 13.8 Å². The van der Waals surface area contributed by atoms with E-state index >= 15 is 0 Å². The van der Waals surface area contributed by atoms with Gasteiger partial charge in [0.2, 0.25) is 0 Å². The van der Waals surface area contributed by atoms with E-state index in [0.717, 1.165) is 27.1 Å². The van der Waals surface area contributed by atoms with Gasteiger partial charge in [-0.25, -0.2) is 5.43 Å². The molecule has 0 atom stereocenters. The third-order valence-electron chi connectivity index (χ3n) is 4.24. The third kappa shape index (κ3) is 4.17. The van der Waals surface area contributed by atoms with Crippen LogP contribution in [0.5, 0.6) is 0 Å². The molecular weight excluding hydrogens is 424 g/mol. The zero-order chi connectivity index (χ0) is 20.3. The summed E-state index contributed by atoms with van der Waals surface area (Å²) in [6.07, 6.45) is 1.56. The van der Waals surface area contributed by atoms with Crippen molar-refractivity contribution in [2.75, 3.05) is 0 Å². The summed E-state index contributed by atoms with van der Waals surface area (Å²) in [5.41, 5.74) is 6.34. The standard InChI is InChI=1S/C20H17BrN4O3/c1-13-10-16(14(2)24(13)18-8-6-17(21)7-9-18)12-22-23-20(26)15-4-3-5-19(11-15)25(27)28/h3-12H,1-2H3,(H,23,26)/b22-12-. The molecule has 0 saturated carbocycles. The highest BCUT2D eigenvalue weighted by molar-refractivity contribution is 9.10. The van der Waals surface area contributed by atoms with Crippen molar-refractivity contribution >= 4 is 33.7 Å². The fourth-order valence-corrected chi connectivity index (χ4v) is 3.16. The van der Waals surface area contributed by atoms with E-state index in [1.165, 1.54) is 24.3 Å². The smallest absolute Gasteiger partial charge is 0.271 e. The predicted molar refractivity (Wildman–Crippen MR) is 111 cm³/mol. The lowest BCUT2D eigenvalue weighted by Gasteiger charge is -2.09. The van der Waals surface area contributed by atoms with Gasteiger partial charge in [0.1, 0.15) is 0 Å². The van der Waals surface area contributed by atoms with E-state index in [1.807, 2.05) is 44.2 Å². The summed E-state index contributed by atoms with van der Waals surface area (Å²) in [5, 5.41) is 14.8. The van der Waals surface area contributed by atoms with Crippen LogP contribution < -0.4 is 5.43 Å². The van der Waals surface area contributed by atoms with Crippen LogP contribution in [0, 0.1) is 24.0 Å². The van der Waals surface area contributed by atoms with Crippen LogP contribution in [0.15, 0.2) is 64.2 Å². The quantitative estimate of drug-likeness (QED) is 0.359. The molecule has 0 bridgehead atoms. The van der Waals surface area contributed by atoms with Gasteiger partial charge in [0.15, 0.2) is 0 Å². The first-order valence-electron chi connectivity index (χ1n) is 8.39. The van der Waals surface area contributed by atoms with Gasteiger partial charge in [-0.3, -0.25) is 14.9 Å². The van der Waals surface area contributed by atoms with E-state index in [4.69, 9.17) is 0 Å². The first-order valence-corrected chi connectivity index (χ1v) is 9.19. The Hall–Kier alpha value is -3.26. The van der Waals surface area contributed by atoms with Gasteiger partial charge < -0.3 is 4.57 Å². The molecule has 142 valence electrons. The number of benzene rings is 2. The first kappa shape index (κ1) is 19.5. The minimum Gasteiger partial charge on any atom is -0.318 e. The van der Waals surface area contributed by atoms with Crippen LogP contribution in [0.3, 0.4) is 0 Å². The van der Waals surface area contributed by atoms with Crippen LogP contribution >= 0.6 is 15.9 Å². The summed E-state index contributed by atoms with van der Waals surface area (Å²) in [6.45, 7) is 3.97. The lowest BCUT2D eigenvalue weighted by molar-refractivity contribution is -0.384. The Morgan fingerprint density at radius 3 is 2.57 bits per heavy atom. The summed E-state index contributed by atoms with van der Waals surface area (Å²) in [6, 6.07) is 15.4. The number of aromatic nitrogens is 1. The molecular formula is C20H17BrN4O3. The number of aryl methyl sites for hydroxylation is 1. The SMILES string of the molecule is Cc1cc(/C=N\NC(=O)c2cccc([N+](=O)[O-])c2)c(C)n1-c1ccc(Br)cc1. The number of carbonyl (C=O) groups is 1. The number of halogens is 1. The van der Waals surface area contributed by atoms with Crippen molar-refractivity contribution in [2.24, 2.45) is 5.10 Å². The zero-order valence-electron chi connectivity index (χ0n) is 15.2. The number of rotatable bonds is 5. The average molecular weight is 441 g/mol. The fraction of sp³-hybridized carbons (Fsp3) is 0.100. The van der Waals surface area contributed by atoms with Crippen LogP contribution in [0.2, 0.25) is 0 Å². The van der Waals surface area contributed by atoms with Gasteiger partial charge in [-0.1, -0.05) is 22.0 Å². The summed E-state index contributed by atoms with van der Waals surface area (Å²) < 4.78 is 3.10. The van der Waals surface area contributed by atoms with E-state index in [-0.39, 0.29) is 11.3 Å². The number of nitro groups is 1. The number of nitro benzene ring substituents is 1. The van der Waals surface area contributed by atoms with Gasteiger partial charge in [0.25, 0.3) is 11.6 Å². The Morgan fingerprint density at radius 2 is 1.89 bits per heavy atom. The predicted octanol–water partition coefficient (Wildman–Crippen LogP) is 4.53. The summed E-state index contributed by atoms with van der Waals surface area (Å²) in [5.74, 6) is -0.512. The van der Waals surface area contributed by atoms with Crippen molar-refractivity contribution in [1.29, 1.82) is 0 Å². The second-order valence-corrected chi connectivity index (χ2v) is 7.06. The number of hydrogen-bond acceptors (Lipinski definition) is 4. The number of hydrazone groups is 1. The number of non-ortho nitro benzene ring substituents is 1. The third-order valence-corrected chi connectivity index (χ3v) is 4.77. The average Bonchev–Trinajstić information content (AvgIpc) is 2.96. The number of nitrogens with zero attached hydrogens (tertiary/aromatic N) is 3. The molecule has 1 aromatic heterocycles. The van der Waals surface area contributed by atoms with Gasteiger partial charge in [-0.05, 0) is 50.2 Å². The molecule has 8 heteroatoms. The van der Waals surface area contributed by atoms with Gasteiger partial charge in [-0.2, -0.15) is 5.10 Å². The number of carbonyl (C=O) groups excluding carboxylic acids is 1. The first-order chi connectivity index (χ1) is 13.4.